The maximum Gasteiger partial charge on any atom is 0.371 e. The van der Waals surface area contributed by atoms with Gasteiger partial charge in [0.25, 0.3) is 0 Å². The van der Waals surface area contributed by atoms with Gasteiger partial charge in [0.1, 0.15) is 5.75 Å². The van der Waals surface area contributed by atoms with Gasteiger partial charge in [-0.05, 0) is 17.7 Å². The molecule has 0 aliphatic carbocycles. The Kier molecular flexibility index (Phi) is 3.09. The molecule has 5 nitrogen and oxygen atoms in total. The van der Waals surface area contributed by atoms with Crippen LogP contribution in [0.2, 0.25) is 0 Å². The topological polar surface area (TPSA) is 75.2 Å². The van der Waals surface area contributed by atoms with E-state index in [9.17, 15) is 4.79 Å². The fourth-order valence-corrected chi connectivity index (χ4v) is 1.52. The zero-order chi connectivity index (χ0) is 12.3. The highest BCUT2D eigenvalue weighted by Gasteiger charge is 2.07. The number of hydrogen-bond donors (Lipinski definition) is 2. The van der Waals surface area contributed by atoms with Crippen LogP contribution >= 0.6 is 0 Å². The van der Waals surface area contributed by atoms with Gasteiger partial charge < -0.3 is 14.8 Å². The molecule has 0 aliphatic heterocycles. The Labute approximate surface area is 98.1 Å². The predicted octanol–water partition coefficient (Wildman–Crippen LogP) is 1.71. The number of methoxy groups -OCH3 is 1. The molecule has 88 valence electrons. The van der Waals surface area contributed by atoms with Crippen LogP contribution in [0.3, 0.4) is 0 Å². The minimum atomic E-state index is -1.05. The van der Waals surface area contributed by atoms with Crippen LogP contribution in [-0.4, -0.2) is 28.2 Å². The molecule has 1 aromatic heterocycles. The summed E-state index contributed by atoms with van der Waals surface area (Å²) in [6.07, 6.45) is 2.15. The van der Waals surface area contributed by atoms with Gasteiger partial charge in [0.2, 0.25) is 5.82 Å². The van der Waals surface area contributed by atoms with E-state index in [4.69, 9.17) is 9.84 Å². The Balaban J connectivity index is 2.11. The summed E-state index contributed by atoms with van der Waals surface area (Å²) in [7, 11) is 1.61. The molecule has 0 unspecified atom stereocenters. The number of H-pyrrole nitrogens is 1. The van der Waals surface area contributed by atoms with E-state index in [2.05, 4.69) is 9.97 Å². The van der Waals surface area contributed by atoms with E-state index in [-0.39, 0.29) is 5.82 Å². The van der Waals surface area contributed by atoms with Crippen molar-refractivity contribution in [2.24, 2.45) is 0 Å². The van der Waals surface area contributed by atoms with Crippen molar-refractivity contribution in [3.63, 3.8) is 0 Å². The van der Waals surface area contributed by atoms with Crippen LogP contribution in [0.15, 0.2) is 30.5 Å². The minimum Gasteiger partial charge on any atom is -0.497 e. The fourth-order valence-electron chi connectivity index (χ4n) is 1.52. The lowest BCUT2D eigenvalue weighted by Crippen LogP contribution is -1.99. The summed E-state index contributed by atoms with van der Waals surface area (Å²) in [5.74, 6) is -0.288. The van der Waals surface area contributed by atoms with Crippen molar-refractivity contribution in [2.45, 2.75) is 6.42 Å². The smallest absolute Gasteiger partial charge is 0.371 e. The number of carboxylic acids is 1. The molecule has 1 heterocycles. The zero-order valence-corrected chi connectivity index (χ0v) is 9.30. The number of aromatic amines is 1. The quantitative estimate of drug-likeness (QED) is 0.841. The summed E-state index contributed by atoms with van der Waals surface area (Å²) < 4.78 is 5.06. The standard InChI is InChI=1S/C12H12N2O3/c1-17-10-4-2-8(3-5-10)6-9-7-13-11(14-9)12(15)16/h2-5,7H,6H2,1H3,(H,13,14)(H,15,16). The molecule has 2 N–H and O–H groups in total. The third-order valence-corrected chi connectivity index (χ3v) is 2.38. The van der Waals surface area contributed by atoms with Gasteiger partial charge in [-0.1, -0.05) is 12.1 Å². The third-order valence-electron chi connectivity index (χ3n) is 2.38. The molecule has 1 aromatic carbocycles. The van der Waals surface area contributed by atoms with Gasteiger partial charge in [-0.25, -0.2) is 9.78 Å². The zero-order valence-electron chi connectivity index (χ0n) is 9.30. The number of carbonyl (C=O) groups is 1. The average Bonchev–Trinajstić information content (AvgIpc) is 2.79. The average molecular weight is 232 g/mol. The van der Waals surface area contributed by atoms with Crippen LogP contribution < -0.4 is 4.74 Å². The van der Waals surface area contributed by atoms with E-state index < -0.39 is 5.97 Å². The Morgan fingerprint density at radius 1 is 1.41 bits per heavy atom. The first kappa shape index (κ1) is 11.2. The number of rotatable bonds is 4. The lowest BCUT2D eigenvalue weighted by molar-refractivity contribution is 0.0684. The SMILES string of the molecule is COc1ccc(Cc2cnc(C(=O)O)[nH]2)cc1. The number of hydrogen-bond acceptors (Lipinski definition) is 3. The first-order chi connectivity index (χ1) is 8.19. The van der Waals surface area contributed by atoms with E-state index >= 15 is 0 Å². The molecular weight excluding hydrogens is 220 g/mol. The molecule has 0 amide bonds. The normalized spacial score (nSPS) is 10.2. The summed E-state index contributed by atoms with van der Waals surface area (Å²) in [6, 6.07) is 7.59. The van der Waals surface area contributed by atoms with Gasteiger partial charge in [0.05, 0.1) is 7.11 Å². The van der Waals surface area contributed by atoms with Crippen LogP contribution in [0.25, 0.3) is 0 Å². The fraction of sp³-hybridized carbons (Fsp3) is 0.167. The number of ether oxygens (including phenoxy) is 1. The number of benzene rings is 1. The second-order valence-corrected chi connectivity index (χ2v) is 3.59. The number of aromatic nitrogens is 2. The Hall–Kier alpha value is -2.30. The molecule has 0 bridgehead atoms. The van der Waals surface area contributed by atoms with Crippen molar-refractivity contribution in [3.8, 4) is 5.75 Å². The Morgan fingerprint density at radius 2 is 2.12 bits per heavy atom. The number of imidazole rings is 1. The molecule has 0 saturated heterocycles. The van der Waals surface area contributed by atoms with Crippen molar-refractivity contribution >= 4 is 5.97 Å². The van der Waals surface area contributed by atoms with E-state index in [0.29, 0.717) is 6.42 Å². The van der Waals surface area contributed by atoms with Crippen LogP contribution in [0.1, 0.15) is 21.9 Å². The van der Waals surface area contributed by atoms with E-state index in [1.54, 1.807) is 7.11 Å². The van der Waals surface area contributed by atoms with Gasteiger partial charge >= 0.3 is 5.97 Å². The largest absolute Gasteiger partial charge is 0.497 e. The van der Waals surface area contributed by atoms with Gasteiger partial charge in [0.15, 0.2) is 0 Å². The number of carboxylic acid groups (broad SMARTS) is 1. The molecule has 2 rings (SSSR count). The van der Waals surface area contributed by atoms with Gasteiger partial charge in [-0.2, -0.15) is 0 Å². The molecule has 2 aromatic rings. The highest BCUT2D eigenvalue weighted by Crippen LogP contribution is 2.14. The van der Waals surface area contributed by atoms with Gasteiger partial charge in [-0.3, -0.25) is 0 Å². The molecule has 0 fully saturated rings. The maximum absolute atomic E-state index is 10.6. The Bertz CT molecular complexity index is 517. The summed E-state index contributed by atoms with van der Waals surface area (Å²) in [6.45, 7) is 0. The molecule has 17 heavy (non-hydrogen) atoms. The second-order valence-electron chi connectivity index (χ2n) is 3.59. The van der Waals surface area contributed by atoms with Gasteiger partial charge in [0, 0.05) is 18.3 Å². The molecule has 0 spiro atoms. The highest BCUT2D eigenvalue weighted by atomic mass is 16.5. The number of nitrogens with one attached hydrogen (secondary N) is 1. The van der Waals surface area contributed by atoms with Crippen LogP contribution in [0.5, 0.6) is 5.75 Å². The second kappa shape index (κ2) is 4.69. The summed E-state index contributed by atoms with van der Waals surface area (Å²) in [5, 5.41) is 8.72. The van der Waals surface area contributed by atoms with Crippen LogP contribution in [0.4, 0.5) is 0 Å². The molecule has 0 atom stereocenters. The molecule has 0 radical (unpaired) electrons. The first-order valence-electron chi connectivity index (χ1n) is 5.09. The minimum absolute atomic E-state index is 0.0338. The van der Waals surface area contributed by atoms with Crippen LogP contribution in [0, 0.1) is 0 Å². The van der Waals surface area contributed by atoms with Crippen molar-refractivity contribution in [1.29, 1.82) is 0 Å². The molecular formula is C12H12N2O3. The molecule has 0 saturated carbocycles. The van der Waals surface area contributed by atoms with Crippen molar-refractivity contribution in [1.82, 2.24) is 9.97 Å². The lowest BCUT2D eigenvalue weighted by atomic mass is 10.1. The van der Waals surface area contributed by atoms with Crippen molar-refractivity contribution in [3.05, 3.63) is 47.5 Å². The maximum atomic E-state index is 10.6. The Morgan fingerprint density at radius 3 is 2.65 bits per heavy atom. The number of nitrogens with zero attached hydrogens (tertiary/aromatic N) is 1. The van der Waals surface area contributed by atoms with E-state index in [1.807, 2.05) is 24.3 Å². The number of aromatic carboxylic acids is 1. The van der Waals surface area contributed by atoms with Gasteiger partial charge in [-0.15, -0.1) is 0 Å². The third kappa shape index (κ3) is 2.63. The van der Waals surface area contributed by atoms with E-state index in [1.165, 1.54) is 6.20 Å². The summed E-state index contributed by atoms with van der Waals surface area (Å²) in [5.41, 5.74) is 1.83. The predicted molar refractivity (Wildman–Crippen MR) is 61.3 cm³/mol. The first-order valence-corrected chi connectivity index (χ1v) is 5.09. The summed E-state index contributed by atoms with van der Waals surface area (Å²) >= 11 is 0. The monoisotopic (exact) mass is 232 g/mol. The van der Waals surface area contributed by atoms with Crippen LogP contribution in [-0.2, 0) is 6.42 Å². The molecule has 0 aliphatic rings. The van der Waals surface area contributed by atoms with Crippen molar-refractivity contribution in [2.75, 3.05) is 7.11 Å². The van der Waals surface area contributed by atoms with E-state index in [0.717, 1.165) is 17.0 Å². The van der Waals surface area contributed by atoms with Crippen molar-refractivity contribution < 1.29 is 14.6 Å². The summed E-state index contributed by atoms with van der Waals surface area (Å²) in [4.78, 5) is 17.2. The molecule has 5 heteroatoms. The highest BCUT2D eigenvalue weighted by molar-refractivity contribution is 5.83. The lowest BCUT2D eigenvalue weighted by Gasteiger charge is -2.01.